The standard InChI is InChI=1S/C14H19N3O/c1-11-3-4-13(8-16-11)14(7-15)17(2)9-12-5-6-18-10-12/h3-6,8,10,14H,7,9,15H2,1-2H3. The third kappa shape index (κ3) is 2.97. The molecule has 0 aliphatic rings. The number of aromatic nitrogens is 1. The molecule has 1 atom stereocenters. The summed E-state index contributed by atoms with van der Waals surface area (Å²) >= 11 is 0. The van der Waals surface area contributed by atoms with Crippen LogP contribution in [0.15, 0.2) is 41.3 Å². The molecule has 2 aromatic rings. The van der Waals surface area contributed by atoms with Crippen LogP contribution in [0.2, 0.25) is 0 Å². The lowest BCUT2D eigenvalue weighted by molar-refractivity contribution is 0.240. The minimum Gasteiger partial charge on any atom is -0.472 e. The maximum Gasteiger partial charge on any atom is 0.0947 e. The van der Waals surface area contributed by atoms with E-state index < -0.39 is 0 Å². The molecule has 4 heteroatoms. The highest BCUT2D eigenvalue weighted by Crippen LogP contribution is 2.19. The Hall–Kier alpha value is -1.65. The van der Waals surface area contributed by atoms with Crippen molar-refractivity contribution in [3.63, 3.8) is 0 Å². The molecule has 0 spiro atoms. The summed E-state index contributed by atoms with van der Waals surface area (Å²) in [6, 6.07) is 6.25. The lowest BCUT2D eigenvalue weighted by Gasteiger charge is -2.26. The zero-order valence-corrected chi connectivity index (χ0v) is 10.8. The van der Waals surface area contributed by atoms with Gasteiger partial charge in [-0.15, -0.1) is 0 Å². The number of furan rings is 1. The first-order valence-electron chi connectivity index (χ1n) is 6.04. The van der Waals surface area contributed by atoms with Crippen LogP contribution in [0.4, 0.5) is 0 Å². The molecule has 0 aliphatic carbocycles. The second-order valence-corrected chi connectivity index (χ2v) is 4.53. The fourth-order valence-corrected chi connectivity index (χ4v) is 2.03. The molecule has 1 unspecified atom stereocenters. The largest absolute Gasteiger partial charge is 0.472 e. The van der Waals surface area contributed by atoms with Gasteiger partial charge in [-0.3, -0.25) is 9.88 Å². The Kier molecular flexibility index (Phi) is 4.12. The van der Waals surface area contributed by atoms with Gasteiger partial charge in [-0.2, -0.15) is 0 Å². The molecule has 0 saturated carbocycles. The Morgan fingerprint density at radius 1 is 1.39 bits per heavy atom. The Morgan fingerprint density at radius 2 is 2.22 bits per heavy atom. The van der Waals surface area contributed by atoms with Crippen molar-refractivity contribution in [2.24, 2.45) is 5.73 Å². The van der Waals surface area contributed by atoms with Crippen LogP contribution in [0.25, 0.3) is 0 Å². The molecule has 0 fully saturated rings. The van der Waals surface area contributed by atoms with Gasteiger partial charge in [0.05, 0.1) is 12.5 Å². The molecule has 0 aromatic carbocycles. The van der Waals surface area contributed by atoms with E-state index in [-0.39, 0.29) is 6.04 Å². The lowest BCUT2D eigenvalue weighted by atomic mass is 10.1. The van der Waals surface area contributed by atoms with E-state index >= 15 is 0 Å². The van der Waals surface area contributed by atoms with Gasteiger partial charge in [0.25, 0.3) is 0 Å². The predicted molar refractivity (Wildman–Crippen MR) is 70.9 cm³/mol. The molecule has 2 aromatic heterocycles. The highest BCUT2D eigenvalue weighted by atomic mass is 16.3. The molecule has 0 saturated heterocycles. The third-order valence-corrected chi connectivity index (χ3v) is 3.09. The molecule has 0 radical (unpaired) electrons. The first kappa shape index (κ1) is 12.8. The van der Waals surface area contributed by atoms with E-state index in [9.17, 15) is 0 Å². The van der Waals surface area contributed by atoms with Gasteiger partial charge in [0, 0.05) is 36.6 Å². The van der Waals surface area contributed by atoms with Gasteiger partial charge < -0.3 is 10.2 Å². The van der Waals surface area contributed by atoms with E-state index in [4.69, 9.17) is 10.2 Å². The number of hydrogen-bond donors (Lipinski definition) is 1. The van der Waals surface area contributed by atoms with Crippen LogP contribution < -0.4 is 5.73 Å². The Balaban J connectivity index is 2.10. The highest BCUT2D eigenvalue weighted by Gasteiger charge is 2.16. The molecule has 96 valence electrons. The average Bonchev–Trinajstić information content (AvgIpc) is 2.85. The maximum atomic E-state index is 5.88. The van der Waals surface area contributed by atoms with Crippen molar-refractivity contribution in [1.29, 1.82) is 0 Å². The maximum absolute atomic E-state index is 5.88. The van der Waals surface area contributed by atoms with Crippen molar-refractivity contribution in [2.45, 2.75) is 19.5 Å². The van der Waals surface area contributed by atoms with Gasteiger partial charge in [0.15, 0.2) is 0 Å². The van der Waals surface area contributed by atoms with Crippen LogP contribution in [0.1, 0.15) is 22.9 Å². The first-order chi connectivity index (χ1) is 8.70. The lowest BCUT2D eigenvalue weighted by Crippen LogP contribution is -2.30. The molecule has 4 nitrogen and oxygen atoms in total. The predicted octanol–water partition coefficient (Wildman–Crippen LogP) is 2.11. The summed E-state index contributed by atoms with van der Waals surface area (Å²) in [6.07, 6.45) is 5.35. The van der Waals surface area contributed by atoms with Crippen molar-refractivity contribution in [1.82, 2.24) is 9.88 Å². The van der Waals surface area contributed by atoms with Gasteiger partial charge in [-0.1, -0.05) is 6.07 Å². The van der Waals surface area contributed by atoms with Crippen molar-refractivity contribution >= 4 is 0 Å². The molecular formula is C14H19N3O. The van der Waals surface area contributed by atoms with Crippen molar-refractivity contribution < 1.29 is 4.42 Å². The summed E-state index contributed by atoms with van der Waals surface area (Å²) in [5.74, 6) is 0. The van der Waals surface area contributed by atoms with Gasteiger partial charge in [0.1, 0.15) is 0 Å². The van der Waals surface area contributed by atoms with Crippen LogP contribution in [-0.2, 0) is 6.54 Å². The van der Waals surface area contributed by atoms with Crippen LogP contribution in [0.3, 0.4) is 0 Å². The van der Waals surface area contributed by atoms with Gasteiger partial charge in [0.2, 0.25) is 0 Å². The molecule has 2 rings (SSSR count). The number of hydrogen-bond acceptors (Lipinski definition) is 4. The molecule has 0 bridgehead atoms. The smallest absolute Gasteiger partial charge is 0.0947 e. The number of likely N-dealkylation sites (N-methyl/N-ethyl adjacent to an activating group) is 1. The molecule has 0 amide bonds. The number of pyridine rings is 1. The minimum absolute atomic E-state index is 0.174. The van der Waals surface area contributed by atoms with E-state index in [1.165, 1.54) is 0 Å². The SMILES string of the molecule is Cc1ccc(C(CN)N(C)Cc2ccoc2)cn1. The van der Waals surface area contributed by atoms with Crippen molar-refractivity contribution in [3.8, 4) is 0 Å². The van der Waals surface area contributed by atoms with E-state index in [0.29, 0.717) is 6.54 Å². The molecule has 2 N–H and O–H groups in total. The van der Waals surface area contributed by atoms with Crippen molar-refractivity contribution in [3.05, 3.63) is 53.7 Å². The summed E-state index contributed by atoms with van der Waals surface area (Å²) in [6.45, 7) is 3.36. The fourth-order valence-electron chi connectivity index (χ4n) is 2.03. The zero-order chi connectivity index (χ0) is 13.0. The third-order valence-electron chi connectivity index (χ3n) is 3.09. The second kappa shape index (κ2) is 5.80. The fraction of sp³-hybridized carbons (Fsp3) is 0.357. The minimum atomic E-state index is 0.174. The van der Waals surface area contributed by atoms with Crippen molar-refractivity contribution in [2.75, 3.05) is 13.6 Å². The summed E-state index contributed by atoms with van der Waals surface area (Å²) in [4.78, 5) is 6.53. The normalized spacial score (nSPS) is 12.9. The summed E-state index contributed by atoms with van der Waals surface area (Å²) < 4.78 is 5.08. The molecule has 2 heterocycles. The Labute approximate surface area is 107 Å². The average molecular weight is 245 g/mol. The topological polar surface area (TPSA) is 55.3 Å². The van der Waals surface area contributed by atoms with Gasteiger partial charge in [-0.05, 0) is 31.7 Å². The van der Waals surface area contributed by atoms with Gasteiger partial charge >= 0.3 is 0 Å². The number of nitrogens with two attached hydrogens (primary N) is 1. The van der Waals surface area contributed by atoms with Crippen LogP contribution in [0, 0.1) is 6.92 Å². The van der Waals surface area contributed by atoms with Crippen LogP contribution >= 0.6 is 0 Å². The van der Waals surface area contributed by atoms with Crippen LogP contribution in [0.5, 0.6) is 0 Å². The van der Waals surface area contributed by atoms with E-state index in [2.05, 4.69) is 23.0 Å². The summed E-state index contributed by atoms with van der Waals surface area (Å²) in [5.41, 5.74) is 9.20. The zero-order valence-electron chi connectivity index (χ0n) is 10.8. The van der Waals surface area contributed by atoms with E-state index in [0.717, 1.165) is 23.4 Å². The first-order valence-corrected chi connectivity index (χ1v) is 6.04. The molecular weight excluding hydrogens is 226 g/mol. The Morgan fingerprint density at radius 3 is 2.78 bits per heavy atom. The number of nitrogens with zero attached hydrogens (tertiary/aromatic N) is 2. The van der Waals surface area contributed by atoms with E-state index in [1.807, 2.05) is 25.3 Å². The monoisotopic (exact) mass is 245 g/mol. The van der Waals surface area contributed by atoms with Gasteiger partial charge in [-0.25, -0.2) is 0 Å². The summed E-state index contributed by atoms with van der Waals surface area (Å²) in [7, 11) is 2.06. The molecule has 18 heavy (non-hydrogen) atoms. The number of rotatable bonds is 5. The Bertz CT molecular complexity index is 464. The highest BCUT2D eigenvalue weighted by molar-refractivity contribution is 5.18. The summed E-state index contributed by atoms with van der Waals surface area (Å²) in [5, 5.41) is 0. The number of aryl methyl sites for hydroxylation is 1. The van der Waals surface area contributed by atoms with E-state index in [1.54, 1.807) is 12.5 Å². The quantitative estimate of drug-likeness (QED) is 0.876. The van der Waals surface area contributed by atoms with Crippen LogP contribution in [-0.4, -0.2) is 23.5 Å². The second-order valence-electron chi connectivity index (χ2n) is 4.53. The molecule has 0 aliphatic heterocycles.